The summed E-state index contributed by atoms with van der Waals surface area (Å²) in [5.74, 6) is 0.818. The van der Waals surface area contributed by atoms with E-state index in [0.29, 0.717) is 0 Å². The fourth-order valence-corrected chi connectivity index (χ4v) is 2.97. The highest BCUT2D eigenvalue weighted by Gasteiger charge is 2.13. The molecule has 0 aliphatic carbocycles. The van der Waals surface area contributed by atoms with Gasteiger partial charge in [-0.2, -0.15) is 0 Å². The maximum Gasteiger partial charge on any atom is 0.0371 e. The lowest BCUT2D eigenvalue weighted by Gasteiger charge is -2.25. The third kappa shape index (κ3) is 3.89. The highest BCUT2D eigenvalue weighted by atomic mass is 15.1. The first-order valence-corrected chi connectivity index (χ1v) is 8.04. The molecule has 1 saturated heterocycles. The van der Waals surface area contributed by atoms with Crippen LogP contribution < -0.4 is 15.5 Å². The molecule has 0 bridgehead atoms. The zero-order chi connectivity index (χ0) is 14.4. The first kappa shape index (κ1) is 15.2. The Kier molecular flexibility index (Phi) is 5.72. The molecule has 1 aromatic rings. The van der Waals surface area contributed by atoms with Gasteiger partial charge in [-0.1, -0.05) is 0 Å². The smallest absolute Gasteiger partial charge is 0.0371 e. The SMILES string of the molecule is CCN(CC)c1ccc(NCC2CCNCC2)c(C)c1. The van der Waals surface area contributed by atoms with Crippen LogP contribution >= 0.6 is 0 Å². The Balaban J connectivity index is 1.95. The van der Waals surface area contributed by atoms with Gasteiger partial charge in [0.25, 0.3) is 0 Å². The Bertz CT molecular complexity index is 407. The summed E-state index contributed by atoms with van der Waals surface area (Å²) in [7, 11) is 0. The summed E-state index contributed by atoms with van der Waals surface area (Å²) in [6.45, 7) is 12.2. The van der Waals surface area contributed by atoms with Crippen LogP contribution in [0.25, 0.3) is 0 Å². The second-order valence-corrected chi connectivity index (χ2v) is 5.75. The summed E-state index contributed by atoms with van der Waals surface area (Å²) >= 11 is 0. The molecule has 1 fully saturated rings. The van der Waals surface area contributed by atoms with Crippen molar-refractivity contribution in [3.8, 4) is 0 Å². The Morgan fingerprint density at radius 3 is 2.50 bits per heavy atom. The lowest BCUT2D eigenvalue weighted by atomic mass is 9.98. The molecule has 0 radical (unpaired) electrons. The van der Waals surface area contributed by atoms with E-state index in [9.17, 15) is 0 Å². The predicted octanol–water partition coefficient (Wildman–Crippen LogP) is 3.25. The molecule has 20 heavy (non-hydrogen) atoms. The molecule has 0 saturated carbocycles. The van der Waals surface area contributed by atoms with Gasteiger partial charge in [0.15, 0.2) is 0 Å². The normalized spacial score (nSPS) is 16.1. The van der Waals surface area contributed by atoms with Gasteiger partial charge in [-0.3, -0.25) is 0 Å². The number of hydrogen-bond donors (Lipinski definition) is 2. The molecule has 1 aromatic carbocycles. The van der Waals surface area contributed by atoms with Crippen molar-refractivity contribution in [2.45, 2.75) is 33.6 Å². The van der Waals surface area contributed by atoms with E-state index >= 15 is 0 Å². The molecule has 1 aliphatic rings. The van der Waals surface area contributed by atoms with Crippen LogP contribution in [-0.4, -0.2) is 32.7 Å². The third-order valence-electron chi connectivity index (χ3n) is 4.38. The average molecular weight is 275 g/mol. The number of aryl methyl sites for hydroxylation is 1. The maximum atomic E-state index is 3.64. The van der Waals surface area contributed by atoms with Gasteiger partial charge in [0.05, 0.1) is 0 Å². The van der Waals surface area contributed by atoms with E-state index in [-0.39, 0.29) is 0 Å². The van der Waals surface area contributed by atoms with E-state index in [0.717, 1.165) is 25.6 Å². The Morgan fingerprint density at radius 2 is 1.90 bits per heavy atom. The summed E-state index contributed by atoms with van der Waals surface area (Å²) in [5.41, 5.74) is 3.97. The molecule has 0 aromatic heterocycles. The van der Waals surface area contributed by atoms with Gasteiger partial charge in [-0.15, -0.1) is 0 Å². The minimum Gasteiger partial charge on any atom is -0.385 e. The molecule has 2 rings (SSSR count). The van der Waals surface area contributed by atoms with Crippen LogP contribution in [0.2, 0.25) is 0 Å². The molecule has 0 spiro atoms. The zero-order valence-corrected chi connectivity index (χ0v) is 13.2. The van der Waals surface area contributed by atoms with E-state index < -0.39 is 0 Å². The lowest BCUT2D eigenvalue weighted by molar-refractivity contribution is 0.390. The molecule has 0 unspecified atom stereocenters. The van der Waals surface area contributed by atoms with Gasteiger partial charge in [0.2, 0.25) is 0 Å². The minimum atomic E-state index is 0.818. The van der Waals surface area contributed by atoms with Gasteiger partial charge in [-0.25, -0.2) is 0 Å². The minimum absolute atomic E-state index is 0.818. The number of nitrogens with zero attached hydrogens (tertiary/aromatic N) is 1. The van der Waals surface area contributed by atoms with Crippen molar-refractivity contribution >= 4 is 11.4 Å². The summed E-state index contributed by atoms with van der Waals surface area (Å²) in [4.78, 5) is 2.39. The van der Waals surface area contributed by atoms with Crippen LogP contribution in [-0.2, 0) is 0 Å². The fraction of sp³-hybridized carbons (Fsp3) is 0.647. The molecule has 3 nitrogen and oxygen atoms in total. The van der Waals surface area contributed by atoms with Crippen molar-refractivity contribution in [2.75, 3.05) is 42.9 Å². The molecule has 0 amide bonds. The highest BCUT2D eigenvalue weighted by Crippen LogP contribution is 2.23. The van der Waals surface area contributed by atoms with Crippen molar-refractivity contribution in [3.05, 3.63) is 23.8 Å². The summed E-state index contributed by atoms with van der Waals surface area (Å²) < 4.78 is 0. The Morgan fingerprint density at radius 1 is 1.20 bits per heavy atom. The van der Waals surface area contributed by atoms with Gasteiger partial charge in [0.1, 0.15) is 0 Å². The second kappa shape index (κ2) is 7.53. The summed E-state index contributed by atoms with van der Waals surface area (Å²) in [6, 6.07) is 6.78. The molecule has 1 heterocycles. The van der Waals surface area contributed by atoms with E-state index in [1.54, 1.807) is 0 Å². The van der Waals surface area contributed by atoms with Crippen LogP contribution in [0.1, 0.15) is 32.3 Å². The van der Waals surface area contributed by atoms with Crippen LogP contribution in [0.3, 0.4) is 0 Å². The van der Waals surface area contributed by atoms with E-state index in [1.807, 2.05) is 0 Å². The van der Waals surface area contributed by atoms with Crippen molar-refractivity contribution in [3.63, 3.8) is 0 Å². The van der Waals surface area contributed by atoms with Gasteiger partial charge in [-0.05, 0) is 76.4 Å². The third-order valence-corrected chi connectivity index (χ3v) is 4.38. The monoisotopic (exact) mass is 275 g/mol. The van der Waals surface area contributed by atoms with Gasteiger partial charge in [0, 0.05) is 31.0 Å². The van der Waals surface area contributed by atoms with Crippen molar-refractivity contribution in [2.24, 2.45) is 5.92 Å². The molecule has 3 heteroatoms. The number of anilines is 2. The predicted molar refractivity (Wildman–Crippen MR) is 88.8 cm³/mol. The first-order valence-electron chi connectivity index (χ1n) is 8.04. The fourth-order valence-electron chi connectivity index (χ4n) is 2.97. The average Bonchev–Trinajstić information content (AvgIpc) is 2.49. The van der Waals surface area contributed by atoms with Crippen molar-refractivity contribution < 1.29 is 0 Å². The standard InChI is InChI=1S/C17H29N3/c1-4-20(5-2)16-6-7-17(14(3)12-16)19-13-15-8-10-18-11-9-15/h6-7,12,15,18-19H,4-5,8-11,13H2,1-3H3. The van der Waals surface area contributed by atoms with E-state index in [2.05, 4.69) is 54.5 Å². The van der Waals surface area contributed by atoms with E-state index in [1.165, 1.54) is 42.9 Å². The Labute approximate surface area is 123 Å². The van der Waals surface area contributed by atoms with Gasteiger partial charge >= 0.3 is 0 Å². The van der Waals surface area contributed by atoms with E-state index in [4.69, 9.17) is 0 Å². The number of nitrogens with one attached hydrogen (secondary N) is 2. The second-order valence-electron chi connectivity index (χ2n) is 5.75. The summed E-state index contributed by atoms with van der Waals surface area (Å²) in [5, 5.41) is 7.06. The van der Waals surface area contributed by atoms with Crippen molar-refractivity contribution in [1.82, 2.24) is 5.32 Å². The summed E-state index contributed by atoms with van der Waals surface area (Å²) in [6.07, 6.45) is 2.59. The molecule has 112 valence electrons. The van der Waals surface area contributed by atoms with Crippen LogP contribution in [0.5, 0.6) is 0 Å². The molecule has 2 N–H and O–H groups in total. The van der Waals surface area contributed by atoms with Crippen LogP contribution in [0.15, 0.2) is 18.2 Å². The largest absolute Gasteiger partial charge is 0.385 e. The molecular formula is C17H29N3. The zero-order valence-electron chi connectivity index (χ0n) is 13.2. The number of rotatable bonds is 6. The van der Waals surface area contributed by atoms with Gasteiger partial charge < -0.3 is 15.5 Å². The van der Waals surface area contributed by atoms with Crippen LogP contribution in [0, 0.1) is 12.8 Å². The van der Waals surface area contributed by atoms with Crippen molar-refractivity contribution in [1.29, 1.82) is 0 Å². The number of benzene rings is 1. The Hall–Kier alpha value is -1.22. The quantitative estimate of drug-likeness (QED) is 0.834. The number of piperidine rings is 1. The molecule has 1 aliphatic heterocycles. The lowest BCUT2D eigenvalue weighted by Crippen LogP contribution is -2.31. The first-order chi connectivity index (χ1) is 9.74. The topological polar surface area (TPSA) is 27.3 Å². The molecular weight excluding hydrogens is 246 g/mol. The maximum absolute atomic E-state index is 3.64. The number of hydrogen-bond acceptors (Lipinski definition) is 3. The van der Waals surface area contributed by atoms with Crippen LogP contribution in [0.4, 0.5) is 11.4 Å². The molecule has 0 atom stereocenters. The highest BCUT2D eigenvalue weighted by molar-refractivity contribution is 5.60.